The van der Waals surface area contributed by atoms with Gasteiger partial charge in [-0.15, -0.1) is 4.33 Å². The van der Waals surface area contributed by atoms with Gasteiger partial charge in [0.25, 0.3) is 20.2 Å². The number of allylic oxidation sites excluding steroid dienone is 3. The van der Waals surface area contributed by atoms with Crippen molar-refractivity contribution >= 4 is 66.1 Å². The Balaban J connectivity index is 1.87. The molecule has 1 heterocycles. The first-order chi connectivity index (χ1) is 23.8. The minimum atomic E-state index is -4.67. The smallest absolute Gasteiger partial charge is 0.305 e. The summed E-state index contributed by atoms with van der Waals surface area (Å²) in [6.07, 6.45) is 10.3. The molecule has 0 fully saturated rings. The van der Waals surface area contributed by atoms with E-state index >= 15 is 0 Å². The van der Waals surface area contributed by atoms with Crippen LogP contribution in [0.3, 0.4) is 0 Å². The van der Waals surface area contributed by atoms with Crippen molar-refractivity contribution in [2.24, 2.45) is 0 Å². The van der Waals surface area contributed by atoms with Crippen LogP contribution in [-0.4, -0.2) is 68.7 Å². The number of rotatable bonds is 19. The number of ether oxygens (including phenoxy) is 1. The van der Waals surface area contributed by atoms with E-state index in [0.29, 0.717) is 59.1 Å². The summed E-state index contributed by atoms with van der Waals surface area (Å²) >= 11 is 0.704. The van der Waals surface area contributed by atoms with Crippen molar-refractivity contribution in [3.05, 3.63) is 84.6 Å². The summed E-state index contributed by atoms with van der Waals surface area (Å²) < 4.78 is 79.8. The monoisotopic (exact) mass is 749 g/mol. The Bertz CT molecular complexity index is 1980. The van der Waals surface area contributed by atoms with E-state index in [-0.39, 0.29) is 30.3 Å². The third-order valence-electron chi connectivity index (χ3n) is 8.32. The number of hydrogen-bond donors (Lipinski definition) is 3. The van der Waals surface area contributed by atoms with E-state index in [4.69, 9.17) is 9.07 Å². The van der Waals surface area contributed by atoms with E-state index in [0.717, 1.165) is 17.0 Å². The molecule has 0 saturated heterocycles. The van der Waals surface area contributed by atoms with Crippen LogP contribution in [0.2, 0.25) is 0 Å². The first-order valence-corrected chi connectivity index (χ1v) is 19.5. The number of hydrogen-bond acceptors (Lipinski definition) is 11. The average molecular weight is 750 g/mol. The van der Waals surface area contributed by atoms with Gasteiger partial charge in [-0.1, -0.05) is 42.2 Å². The molecule has 0 spiro atoms. The molecule has 0 amide bonds. The van der Waals surface area contributed by atoms with Crippen molar-refractivity contribution in [1.82, 2.24) is 0 Å². The lowest BCUT2D eigenvalue weighted by Crippen LogP contribution is -2.32. The number of methoxy groups -OCH3 is 1. The summed E-state index contributed by atoms with van der Waals surface area (Å²) in [5, 5.41) is 8.88. The van der Waals surface area contributed by atoms with Crippen LogP contribution in [0.25, 0.3) is 10.8 Å². The van der Waals surface area contributed by atoms with Crippen LogP contribution in [0.1, 0.15) is 51.0 Å². The van der Waals surface area contributed by atoms with Crippen LogP contribution in [0, 0.1) is 0 Å². The van der Waals surface area contributed by atoms with E-state index in [1.54, 1.807) is 12.3 Å². The molecular weight excluding hydrogens is 709 g/mol. The normalized spacial score (nSPS) is 16.5. The van der Waals surface area contributed by atoms with Crippen molar-refractivity contribution in [1.29, 1.82) is 0 Å². The molecule has 1 aliphatic rings. The molecule has 0 aliphatic carbocycles. The lowest BCUT2D eigenvalue weighted by Gasteiger charge is -2.24. The molecule has 4 rings (SSSR count). The molecule has 270 valence electrons. The highest BCUT2D eigenvalue weighted by Crippen LogP contribution is 2.49. The Morgan fingerprint density at radius 3 is 2.40 bits per heavy atom. The minimum absolute atomic E-state index is 0.0998. The number of benzene rings is 3. The third-order valence-corrected chi connectivity index (χ3v) is 10.6. The fourth-order valence-electron chi connectivity index (χ4n) is 6.10. The second-order valence-electron chi connectivity index (χ2n) is 11.7. The van der Waals surface area contributed by atoms with Crippen molar-refractivity contribution in [3.63, 3.8) is 0 Å². The van der Waals surface area contributed by atoms with Gasteiger partial charge in [-0.3, -0.25) is 13.9 Å². The summed E-state index contributed by atoms with van der Waals surface area (Å²) in [4.78, 5) is 16.2. The molecule has 0 radical (unpaired) electrons. The topological polar surface area (TPSA) is 178 Å². The van der Waals surface area contributed by atoms with Gasteiger partial charge in [-0.2, -0.15) is 21.4 Å². The predicted molar refractivity (Wildman–Crippen MR) is 190 cm³/mol. The fourth-order valence-corrected chi connectivity index (χ4v) is 7.80. The molecule has 0 saturated carbocycles. The summed E-state index contributed by atoms with van der Waals surface area (Å²) in [6, 6.07) is 15.9. The Kier molecular flexibility index (Phi) is 13.8. The maximum absolute atomic E-state index is 12.5. The summed E-state index contributed by atoms with van der Waals surface area (Å²) in [5.74, 6) is -0.758. The number of carbonyl (C=O) groups is 1. The first kappa shape index (κ1) is 39.2. The van der Waals surface area contributed by atoms with Gasteiger partial charge in [0.1, 0.15) is 6.54 Å². The largest absolute Gasteiger partial charge is 0.469 e. The lowest BCUT2D eigenvalue weighted by atomic mass is 9.73. The number of para-hydroxylation sites is 1. The van der Waals surface area contributed by atoms with Gasteiger partial charge in [0.15, 0.2) is 5.71 Å². The fraction of sp³-hybridized carbons (Fsp3) is 0.353. The highest BCUT2D eigenvalue weighted by atomic mass is 32.2. The Labute approximate surface area is 296 Å². The second kappa shape index (κ2) is 17.5. The van der Waals surface area contributed by atoms with Crippen LogP contribution >= 0.6 is 12.0 Å². The molecule has 3 aromatic carbocycles. The van der Waals surface area contributed by atoms with Crippen molar-refractivity contribution in [2.75, 3.05) is 31.8 Å². The number of nitrogens with one attached hydrogen (secondary N) is 1. The summed E-state index contributed by atoms with van der Waals surface area (Å²) in [6.45, 7) is 2.24. The first-order valence-electron chi connectivity index (χ1n) is 15.7. The molecule has 13 nitrogen and oxygen atoms in total. The van der Waals surface area contributed by atoms with Gasteiger partial charge in [0.05, 0.1) is 42.3 Å². The summed E-state index contributed by atoms with van der Waals surface area (Å²) in [7, 11) is -6.32. The van der Waals surface area contributed by atoms with Crippen LogP contribution < -0.4 is 5.32 Å². The number of fused-ring (bicyclic) bond motifs is 3. The van der Waals surface area contributed by atoms with Crippen LogP contribution in [0.4, 0.5) is 11.4 Å². The van der Waals surface area contributed by atoms with Crippen LogP contribution in [0.15, 0.2) is 88.8 Å². The zero-order valence-electron chi connectivity index (χ0n) is 27.9. The molecule has 16 heteroatoms. The molecule has 3 aromatic rings. The molecule has 0 aromatic heterocycles. The summed E-state index contributed by atoms with van der Waals surface area (Å²) in [5.41, 5.74) is 2.38. The van der Waals surface area contributed by atoms with Crippen molar-refractivity contribution in [3.8, 4) is 0 Å². The van der Waals surface area contributed by atoms with E-state index in [9.17, 15) is 30.7 Å². The molecular formula is C34H41N2O11S3+. The van der Waals surface area contributed by atoms with Crippen molar-refractivity contribution < 1.29 is 54.3 Å². The van der Waals surface area contributed by atoms with E-state index in [2.05, 4.69) is 15.2 Å². The molecule has 50 heavy (non-hydrogen) atoms. The van der Waals surface area contributed by atoms with Crippen LogP contribution in [-0.2, 0) is 49.4 Å². The van der Waals surface area contributed by atoms with Crippen LogP contribution in [0.5, 0.6) is 0 Å². The number of nitrogens with zero attached hydrogens (tertiary/aromatic N) is 1. The Morgan fingerprint density at radius 2 is 1.72 bits per heavy atom. The highest BCUT2D eigenvalue weighted by molar-refractivity contribution is 7.94. The highest BCUT2D eigenvalue weighted by Gasteiger charge is 2.48. The molecule has 3 N–H and O–H groups in total. The molecule has 1 unspecified atom stereocenters. The molecule has 1 aliphatic heterocycles. The quantitative estimate of drug-likeness (QED) is 0.0176. The van der Waals surface area contributed by atoms with Gasteiger partial charge in [-0.05, 0) is 66.9 Å². The van der Waals surface area contributed by atoms with Gasteiger partial charge < -0.3 is 10.1 Å². The number of carbonyl (C=O) groups excluding carboxylic acids is 1. The maximum Gasteiger partial charge on any atom is 0.305 e. The van der Waals surface area contributed by atoms with Crippen molar-refractivity contribution in [2.45, 2.75) is 60.7 Å². The average Bonchev–Trinajstić information content (AvgIpc) is 3.30. The third kappa shape index (κ3) is 10.2. The number of unbranched alkanes of at least 4 members (excludes halogenated alkanes) is 2. The maximum atomic E-state index is 12.5. The van der Waals surface area contributed by atoms with E-state index in [1.807, 2.05) is 66.1 Å². The number of anilines is 1. The molecule has 0 bridgehead atoms. The van der Waals surface area contributed by atoms with Gasteiger partial charge in [-0.25, -0.2) is 4.89 Å². The SMILES string of the molecule is COOOSc1cc(S(=O)(=O)O)cc2c3c(ccc12)[N+](CCCS(=O)(=O)O)=C(/C=C/C=C/Nc1ccccc1)C3(C)CCCCCC(=O)OC. The lowest BCUT2D eigenvalue weighted by molar-refractivity contribution is -0.447. The second-order valence-corrected chi connectivity index (χ2v) is 15.4. The number of esters is 1. The van der Waals surface area contributed by atoms with E-state index in [1.165, 1.54) is 26.4 Å². The zero-order valence-corrected chi connectivity index (χ0v) is 30.4. The minimum Gasteiger partial charge on any atom is -0.469 e. The van der Waals surface area contributed by atoms with E-state index < -0.39 is 31.4 Å². The zero-order chi connectivity index (χ0) is 36.4. The van der Waals surface area contributed by atoms with Gasteiger partial charge >= 0.3 is 5.97 Å². The predicted octanol–water partition coefficient (Wildman–Crippen LogP) is 6.54. The Hall–Kier alpha value is -3.61. The Morgan fingerprint density at radius 1 is 0.960 bits per heavy atom. The van der Waals surface area contributed by atoms with Gasteiger partial charge in [0.2, 0.25) is 5.69 Å². The van der Waals surface area contributed by atoms with Gasteiger partial charge in [0, 0.05) is 47.3 Å². The molecule has 1 atom stereocenters. The standard InChI is InChI=1S/C34H40N2O11S3/c1-34(19-10-5-8-16-32(37)44-2)31(15-9-11-20-35-25-13-6-4-7-14-25)36(21-12-22-49(38,39)40)29-18-17-27-28(33(29)34)23-26(50(41,42)43)24-30(27)48-47-46-45-3/h4,6-7,9,11,13-15,17-18,20,23-24H,5,8,10,12,16,19,21-22H2,1-3H3,(H2,38,39,40,41,42,43)/p+1.